The summed E-state index contributed by atoms with van der Waals surface area (Å²) in [5.41, 5.74) is -0.242. The van der Waals surface area contributed by atoms with Gasteiger partial charge in [-0.05, 0) is 11.1 Å². The molecule has 0 fully saturated rings. The molecule has 1 N–H and O–H groups in total. The van der Waals surface area contributed by atoms with Crippen LogP contribution in [0.4, 0.5) is 0 Å². The zero-order valence-electron chi connectivity index (χ0n) is 11.3. The lowest BCUT2D eigenvalue weighted by Crippen LogP contribution is -2.45. The molecule has 0 spiro atoms. The van der Waals surface area contributed by atoms with E-state index in [-0.39, 0.29) is 13.0 Å². The zero-order chi connectivity index (χ0) is 14.9. The summed E-state index contributed by atoms with van der Waals surface area (Å²) in [5.74, 6) is -1.48. The van der Waals surface area contributed by atoms with Crippen molar-refractivity contribution in [2.75, 3.05) is 0 Å². The SMILES string of the molecule is O=C(OCc1ccccc1)[C@]1(O)Cc2ccccc2C1=O. The van der Waals surface area contributed by atoms with Crippen molar-refractivity contribution < 1.29 is 19.4 Å². The van der Waals surface area contributed by atoms with Crippen molar-refractivity contribution in [3.63, 3.8) is 0 Å². The summed E-state index contributed by atoms with van der Waals surface area (Å²) in [6, 6.07) is 15.9. The maximum absolute atomic E-state index is 12.2. The fourth-order valence-electron chi connectivity index (χ4n) is 2.48. The van der Waals surface area contributed by atoms with Gasteiger partial charge in [0, 0.05) is 12.0 Å². The third-order valence-corrected chi connectivity index (χ3v) is 3.63. The van der Waals surface area contributed by atoms with Crippen molar-refractivity contribution in [3.05, 3.63) is 71.3 Å². The molecule has 2 aromatic carbocycles. The van der Waals surface area contributed by atoms with Gasteiger partial charge in [-0.15, -0.1) is 0 Å². The first-order valence-electron chi connectivity index (χ1n) is 6.67. The van der Waals surface area contributed by atoms with E-state index in [9.17, 15) is 14.7 Å². The Bertz CT molecular complexity index is 693. The molecule has 0 saturated carbocycles. The van der Waals surface area contributed by atoms with E-state index in [4.69, 9.17) is 4.74 Å². The Kier molecular flexibility index (Phi) is 3.31. The Balaban J connectivity index is 1.75. The number of hydrogen-bond acceptors (Lipinski definition) is 4. The molecule has 2 aromatic rings. The number of hydrogen-bond donors (Lipinski definition) is 1. The molecule has 0 aromatic heterocycles. The second-order valence-corrected chi connectivity index (χ2v) is 5.09. The monoisotopic (exact) mass is 282 g/mol. The van der Waals surface area contributed by atoms with Crippen LogP contribution in [0, 0.1) is 0 Å². The Labute approximate surface area is 122 Å². The first kappa shape index (κ1) is 13.5. The van der Waals surface area contributed by atoms with Gasteiger partial charge in [0.1, 0.15) is 6.61 Å². The molecular weight excluding hydrogens is 268 g/mol. The highest BCUT2D eigenvalue weighted by atomic mass is 16.6. The maximum Gasteiger partial charge on any atom is 0.347 e. The first-order chi connectivity index (χ1) is 10.1. The molecule has 0 amide bonds. The Morgan fingerprint density at radius 3 is 2.48 bits per heavy atom. The summed E-state index contributed by atoms with van der Waals surface area (Å²) in [5, 5.41) is 10.4. The summed E-state index contributed by atoms with van der Waals surface area (Å²) < 4.78 is 5.11. The lowest BCUT2D eigenvalue weighted by atomic mass is 9.99. The first-order valence-corrected chi connectivity index (χ1v) is 6.67. The summed E-state index contributed by atoms with van der Waals surface area (Å²) in [6.07, 6.45) is -0.0321. The lowest BCUT2D eigenvalue weighted by molar-refractivity contribution is -0.161. The van der Waals surface area contributed by atoms with Crippen LogP contribution < -0.4 is 0 Å². The third kappa shape index (κ3) is 2.34. The minimum atomic E-state index is -2.10. The minimum Gasteiger partial charge on any atom is -0.458 e. The van der Waals surface area contributed by atoms with Crippen LogP contribution in [0.3, 0.4) is 0 Å². The average molecular weight is 282 g/mol. The van der Waals surface area contributed by atoms with Gasteiger partial charge < -0.3 is 9.84 Å². The number of fused-ring (bicyclic) bond motifs is 1. The minimum absolute atomic E-state index is 0.0321. The van der Waals surface area contributed by atoms with Gasteiger partial charge in [0.05, 0.1) is 0 Å². The van der Waals surface area contributed by atoms with E-state index in [1.54, 1.807) is 24.3 Å². The van der Waals surface area contributed by atoms with Gasteiger partial charge >= 0.3 is 5.97 Å². The van der Waals surface area contributed by atoms with Crippen LogP contribution >= 0.6 is 0 Å². The molecule has 1 aliphatic rings. The van der Waals surface area contributed by atoms with Crippen LogP contribution in [0.5, 0.6) is 0 Å². The number of benzene rings is 2. The molecule has 0 radical (unpaired) electrons. The molecule has 0 aliphatic heterocycles. The van der Waals surface area contributed by atoms with Crippen LogP contribution in [0.25, 0.3) is 0 Å². The molecule has 21 heavy (non-hydrogen) atoms. The zero-order valence-corrected chi connectivity index (χ0v) is 11.3. The standard InChI is InChI=1S/C17H14O4/c18-15-14-9-5-4-8-13(14)10-17(15,20)16(19)21-11-12-6-2-1-3-7-12/h1-9,20H,10-11H2/t17-/m0/s1. The number of ketones is 1. The van der Waals surface area contributed by atoms with E-state index in [1.807, 2.05) is 30.3 Å². The third-order valence-electron chi connectivity index (χ3n) is 3.63. The van der Waals surface area contributed by atoms with Crippen molar-refractivity contribution in [1.82, 2.24) is 0 Å². The van der Waals surface area contributed by atoms with Crippen molar-refractivity contribution >= 4 is 11.8 Å². The molecule has 0 saturated heterocycles. The van der Waals surface area contributed by atoms with Gasteiger partial charge in [0.15, 0.2) is 0 Å². The Morgan fingerprint density at radius 2 is 1.76 bits per heavy atom. The van der Waals surface area contributed by atoms with Gasteiger partial charge in [-0.1, -0.05) is 54.6 Å². The second-order valence-electron chi connectivity index (χ2n) is 5.09. The van der Waals surface area contributed by atoms with Crippen molar-refractivity contribution in [3.8, 4) is 0 Å². The topological polar surface area (TPSA) is 63.6 Å². The van der Waals surface area contributed by atoms with Crippen molar-refractivity contribution in [2.45, 2.75) is 18.6 Å². The van der Waals surface area contributed by atoms with E-state index in [1.165, 1.54) is 0 Å². The normalized spacial score (nSPS) is 20.1. The Morgan fingerprint density at radius 1 is 1.10 bits per heavy atom. The Hall–Kier alpha value is -2.46. The molecule has 0 unspecified atom stereocenters. The van der Waals surface area contributed by atoms with Gasteiger partial charge in [0.2, 0.25) is 11.4 Å². The quantitative estimate of drug-likeness (QED) is 0.690. The molecule has 1 atom stereocenters. The molecule has 4 nitrogen and oxygen atoms in total. The van der Waals surface area contributed by atoms with Crippen molar-refractivity contribution in [2.24, 2.45) is 0 Å². The molecular formula is C17H14O4. The summed E-state index contributed by atoms with van der Waals surface area (Å²) in [4.78, 5) is 24.3. The molecule has 0 bridgehead atoms. The summed E-state index contributed by atoms with van der Waals surface area (Å²) in [7, 11) is 0. The van der Waals surface area contributed by atoms with Crippen LogP contribution in [0.15, 0.2) is 54.6 Å². The van der Waals surface area contributed by atoms with E-state index in [0.717, 1.165) is 5.56 Å². The lowest BCUT2D eigenvalue weighted by Gasteiger charge is -2.18. The average Bonchev–Trinajstić information content (AvgIpc) is 2.79. The van der Waals surface area contributed by atoms with Crippen molar-refractivity contribution in [1.29, 1.82) is 0 Å². The second kappa shape index (κ2) is 5.14. The number of carbonyl (C=O) groups is 2. The van der Waals surface area contributed by atoms with E-state index in [0.29, 0.717) is 11.1 Å². The van der Waals surface area contributed by atoms with Crippen LogP contribution in [-0.4, -0.2) is 22.5 Å². The van der Waals surface area contributed by atoms with E-state index >= 15 is 0 Å². The fraction of sp³-hybridized carbons (Fsp3) is 0.176. The number of carbonyl (C=O) groups excluding carboxylic acids is 2. The number of Topliss-reactive ketones (excluding diaryl/α,β-unsaturated/α-hetero) is 1. The largest absolute Gasteiger partial charge is 0.458 e. The molecule has 4 heteroatoms. The summed E-state index contributed by atoms with van der Waals surface area (Å²) in [6.45, 7) is 0.0333. The van der Waals surface area contributed by atoms with Crippen LogP contribution in [0.1, 0.15) is 21.5 Å². The highest BCUT2D eigenvalue weighted by molar-refractivity contribution is 6.18. The van der Waals surface area contributed by atoms with Gasteiger partial charge in [-0.2, -0.15) is 0 Å². The maximum atomic E-state index is 12.2. The number of rotatable bonds is 3. The highest BCUT2D eigenvalue weighted by Gasteiger charge is 2.51. The molecule has 3 rings (SSSR count). The number of aliphatic hydroxyl groups is 1. The van der Waals surface area contributed by atoms with E-state index < -0.39 is 17.4 Å². The molecule has 1 aliphatic carbocycles. The highest BCUT2D eigenvalue weighted by Crippen LogP contribution is 2.31. The van der Waals surface area contributed by atoms with Gasteiger partial charge in [0.25, 0.3) is 0 Å². The van der Waals surface area contributed by atoms with Crippen LogP contribution in [0.2, 0.25) is 0 Å². The number of ether oxygens (including phenoxy) is 1. The fourth-order valence-corrected chi connectivity index (χ4v) is 2.48. The molecule has 0 heterocycles. The number of esters is 1. The van der Waals surface area contributed by atoms with E-state index in [2.05, 4.69) is 0 Å². The smallest absolute Gasteiger partial charge is 0.347 e. The predicted octanol–water partition coefficient (Wildman–Crippen LogP) is 1.90. The van der Waals surface area contributed by atoms with Crippen LogP contribution in [-0.2, 0) is 22.6 Å². The summed E-state index contributed by atoms with van der Waals surface area (Å²) >= 11 is 0. The van der Waals surface area contributed by atoms with Gasteiger partial charge in [-0.3, -0.25) is 4.79 Å². The predicted molar refractivity (Wildman–Crippen MR) is 75.7 cm³/mol. The molecule has 106 valence electrons. The van der Waals surface area contributed by atoms with Gasteiger partial charge in [-0.25, -0.2) is 4.79 Å².